The van der Waals surface area contributed by atoms with E-state index in [1.165, 1.54) is 0 Å². The van der Waals surface area contributed by atoms with Crippen molar-refractivity contribution in [3.63, 3.8) is 0 Å². The van der Waals surface area contributed by atoms with Crippen LogP contribution in [0.3, 0.4) is 0 Å². The number of aryl methyl sites for hydroxylation is 2. The molecular formula is C19H23NO3. The van der Waals surface area contributed by atoms with Gasteiger partial charge in [0, 0.05) is 18.0 Å². The molecule has 122 valence electrons. The van der Waals surface area contributed by atoms with Crippen molar-refractivity contribution in [2.24, 2.45) is 0 Å². The molecule has 0 unspecified atom stereocenters. The van der Waals surface area contributed by atoms with E-state index in [4.69, 9.17) is 4.74 Å². The lowest BCUT2D eigenvalue weighted by Crippen LogP contribution is -2.08. The predicted molar refractivity (Wildman–Crippen MR) is 89.7 cm³/mol. The van der Waals surface area contributed by atoms with Crippen LogP contribution in [0, 0.1) is 0 Å². The van der Waals surface area contributed by atoms with Crippen molar-refractivity contribution < 1.29 is 14.6 Å². The Balaban J connectivity index is 2.34. The number of pyridine rings is 1. The molecule has 0 saturated heterocycles. The molecule has 1 heterocycles. The van der Waals surface area contributed by atoms with Crippen molar-refractivity contribution in [1.82, 2.24) is 4.98 Å². The Morgan fingerprint density at radius 1 is 1.13 bits per heavy atom. The quantitative estimate of drug-likeness (QED) is 0.805. The van der Waals surface area contributed by atoms with Gasteiger partial charge in [0.15, 0.2) is 0 Å². The summed E-state index contributed by atoms with van der Waals surface area (Å²) in [7, 11) is 0. The third kappa shape index (κ3) is 4.81. The molecule has 0 bridgehead atoms. The fourth-order valence-electron chi connectivity index (χ4n) is 2.60. The van der Waals surface area contributed by atoms with Crippen molar-refractivity contribution in [2.45, 2.75) is 46.1 Å². The molecule has 0 saturated carbocycles. The number of carbonyl (C=O) groups is 1. The number of aromatic nitrogens is 1. The summed E-state index contributed by atoms with van der Waals surface area (Å²) in [5.41, 5.74) is 4.02. The minimum Gasteiger partial charge on any atom is -0.488 e. The Morgan fingerprint density at radius 3 is 2.43 bits per heavy atom. The Labute approximate surface area is 137 Å². The summed E-state index contributed by atoms with van der Waals surface area (Å²) in [4.78, 5) is 15.2. The number of aliphatic carboxylic acids is 1. The van der Waals surface area contributed by atoms with Crippen molar-refractivity contribution >= 4 is 5.97 Å². The molecular weight excluding hydrogens is 290 g/mol. The summed E-state index contributed by atoms with van der Waals surface area (Å²) in [6.07, 6.45) is 6.19. The smallest absolute Gasteiger partial charge is 0.307 e. The predicted octanol–water partition coefficient (Wildman–Crippen LogP) is 3.80. The van der Waals surface area contributed by atoms with Crippen LogP contribution in [0.4, 0.5) is 0 Å². The molecule has 0 atom stereocenters. The van der Waals surface area contributed by atoms with E-state index in [-0.39, 0.29) is 6.42 Å². The maximum absolute atomic E-state index is 11.2. The monoisotopic (exact) mass is 313 g/mol. The first-order valence-corrected chi connectivity index (χ1v) is 8.02. The summed E-state index contributed by atoms with van der Waals surface area (Å²) in [5, 5.41) is 9.20. The van der Waals surface area contributed by atoms with Crippen LogP contribution < -0.4 is 4.74 Å². The molecule has 4 nitrogen and oxygen atoms in total. The van der Waals surface area contributed by atoms with Crippen LogP contribution in [-0.2, 0) is 30.7 Å². The van der Waals surface area contributed by atoms with E-state index >= 15 is 0 Å². The second-order valence-corrected chi connectivity index (χ2v) is 5.56. The fraction of sp³-hybridized carbons (Fsp3) is 0.368. The molecule has 23 heavy (non-hydrogen) atoms. The Morgan fingerprint density at radius 2 is 1.83 bits per heavy atom. The molecule has 0 fully saturated rings. The molecule has 2 aromatic rings. The van der Waals surface area contributed by atoms with Gasteiger partial charge in [-0.2, -0.15) is 0 Å². The molecule has 1 N–H and O–H groups in total. The van der Waals surface area contributed by atoms with E-state index in [9.17, 15) is 9.90 Å². The first-order valence-electron chi connectivity index (χ1n) is 8.02. The summed E-state index contributed by atoms with van der Waals surface area (Å²) < 4.78 is 6.02. The number of nitrogens with zero attached hydrogens (tertiary/aromatic N) is 1. The zero-order valence-electron chi connectivity index (χ0n) is 13.7. The maximum Gasteiger partial charge on any atom is 0.307 e. The van der Waals surface area contributed by atoms with E-state index in [2.05, 4.69) is 24.9 Å². The molecule has 4 heteroatoms. The fourth-order valence-corrected chi connectivity index (χ4v) is 2.60. The molecule has 0 amide bonds. The molecule has 0 radical (unpaired) electrons. The molecule has 0 aliphatic rings. The third-order valence-electron chi connectivity index (χ3n) is 3.70. The van der Waals surface area contributed by atoms with Gasteiger partial charge in [-0.3, -0.25) is 9.78 Å². The van der Waals surface area contributed by atoms with Crippen LogP contribution in [0.1, 0.15) is 42.5 Å². The lowest BCUT2D eigenvalue weighted by molar-refractivity contribution is -0.136. The van der Waals surface area contributed by atoms with E-state index in [0.717, 1.165) is 47.3 Å². The highest BCUT2D eigenvalue weighted by molar-refractivity contribution is 5.72. The standard InChI is InChI=1S/C19H23NO3/c1-3-5-16-10-14(4-2)11-17(12-18(21)22)19(16)23-13-15-6-8-20-9-7-15/h6-11H,3-5,12-13H2,1-2H3,(H,21,22). The number of hydrogen-bond acceptors (Lipinski definition) is 3. The largest absolute Gasteiger partial charge is 0.488 e. The van der Waals surface area contributed by atoms with E-state index in [1.54, 1.807) is 12.4 Å². The number of carboxylic acids is 1. The highest BCUT2D eigenvalue weighted by Gasteiger charge is 2.14. The topological polar surface area (TPSA) is 59.4 Å². The van der Waals surface area contributed by atoms with Gasteiger partial charge in [0.1, 0.15) is 12.4 Å². The average Bonchev–Trinajstić information content (AvgIpc) is 2.54. The summed E-state index contributed by atoms with van der Waals surface area (Å²) in [6.45, 7) is 4.60. The van der Waals surface area contributed by atoms with Gasteiger partial charge in [0.25, 0.3) is 0 Å². The highest BCUT2D eigenvalue weighted by atomic mass is 16.5. The van der Waals surface area contributed by atoms with Crippen molar-refractivity contribution in [3.05, 3.63) is 58.9 Å². The van der Waals surface area contributed by atoms with Gasteiger partial charge >= 0.3 is 5.97 Å². The number of benzene rings is 1. The SMILES string of the molecule is CCCc1cc(CC)cc(CC(=O)O)c1OCc1ccncc1. The van der Waals surface area contributed by atoms with Gasteiger partial charge in [-0.05, 0) is 41.7 Å². The first kappa shape index (κ1) is 17.0. The molecule has 1 aromatic carbocycles. The van der Waals surface area contributed by atoms with Gasteiger partial charge < -0.3 is 9.84 Å². The minimum absolute atomic E-state index is 0.0176. The van der Waals surface area contributed by atoms with Crippen LogP contribution >= 0.6 is 0 Å². The zero-order valence-corrected chi connectivity index (χ0v) is 13.7. The summed E-state index contributed by atoms with van der Waals surface area (Å²) in [6, 6.07) is 7.89. The van der Waals surface area contributed by atoms with Crippen LogP contribution in [0.25, 0.3) is 0 Å². The Hall–Kier alpha value is -2.36. The van der Waals surface area contributed by atoms with E-state index in [1.807, 2.05) is 18.2 Å². The number of hydrogen-bond donors (Lipinski definition) is 1. The van der Waals surface area contributed by atoms with Crippen LogP contribution in [0.5, 0.6) is 5.75 Å². The molecule has 0 spiro atoms. The molecule has 0 aliphatic carbocycles. The van der Waals surface area contributed by atoms with Gasteiger partial charge in [-0.1, -0.05) is 32.4 Å². The number of rotatable bonds is 8. The minimum atomic E-state index is -0.838. The Kier molecular flexibility index (Phi) is 6.15. The summed E-state index contributed by atoms with van der Waals surface area (Å²) in [5.74, 6) is -0.113. The van der Waals surface area contributed by atoms with Crippen LogP contribution in [0.15, 0.2) is 36.7 Å². The van der Waals surface area contributed by atoms with Crippen molar-refractivity contribution in [2.75, 3.05) is 0 Å². The zero-order chi connectivity index (χ0) is 16.7. The number of ether oxygens (including phenoxy) is 1. The van der Waals surface area contributed by atoms with Gasteiger partial charge in [-0.15, -0.1) is 0 Å². The number of carboxylic acid groups (broad SMARTS) is 1. The lowest BCUT2D eigenvalue weighted by atomic mass is 9.97. The molecule has 0 aliphatic heterocycles. The second-order valence-electron chi connectivity index (χ2n) is 5.56. The molecule has 1 aromatic heterocycles. The Bertz CT molecular complexity index is 653. The lowest BCUT2D eigenvalue weighted by Gasteiger charge is -2.17. The van der Waals surface area contributed by atoms with Gasteiger partial charge in [0.2, 0.25) is 0 Å². The van der Waals surface area contributed by atoms with Crippen LogP contribution in [-0.4, -0.2) is 16.1 Å². The summed E-state index contributed by atoms with van der Waals surface area (Å²) >= 11 is 0. The van der Waals surface area contributed by atoms with E-state index in [0.29, 0.717) is 6.61 Å². The van der Waals surface area contributed by atoms with E-state index < -0.39 is 5.97 Å². The average molecular weight is 313 g/mol. The van der Waals surface area contributed by atoms with Crippen LogP contribution in [0.2, 0.25) is 0 Å². The highest BCUT2D eigenvalue weighted by Crippen LogP contribution is 2.29. The first-order chi connectivity index (χ1) is 11.1. The van der Waals surface area contributed by atoms with Gasteiger partial charge in [-0.25, -0.2) is 0 Å². The molecule has 2 rings (SSSR count). The normalized spacial score (nSPS) is 10.5. The van der Waals surface area contributed by atoms with Crippen molar-refractivity contribution in [3.8, 4) is 5.75 Å². The second kappa shape index (κ2) is 8.32. The van der Waals surface area contributed by atoms with Crippen molar-refractivity contribution in [1.29, 1.82) is 0 Å². The third-order valence-corrected chi connectivity index (χ3v) is 3.70. The maximum atomic E-state index is 11.2. The van der Waals surface area contributed by atoms with Gasteiger partial charge in [0.05, 0.1) is 6.42 Å².